The molecule has 1 aliphatic rings. The van der Waals surface area contributed by atoms with E-state index in [-0.39, 0.29) is 24.1 Å². The van der Waals surface area contributed by atoms with Crippen LogP contribution in [0, 0.1) is 5.92 Å². The number of unbranched alkanes of at least 4 members (excludes halogenated alkanes) is 1. The molecule has 7 nitrogen and oxygen atoms in total. The van der Waals surface area contributed by atoms with Gasteiger partial charge in [0.1, 0.15) is 0 Å². The van der Waals surface area contributed by atoms with E-state index >= 15 is 0 Å². The van der Waals surface area contributed by atoms with Crippen molar-refractivity contribution in [3.63, 3.8) is 0 Å². The number of carbonyl (C=O) groups is 2. The van der Waals surface area contributed by atoms with Gasteiger partial charge in [0.2, 0.25) is 15.9 Å². The summed E-state index contributed by atoms with van der Waals surface area (Å²) in [6.45, 7) is 4.88. The van der Waals surface area contributed by atoms with Crippen LogP contribution in [-0.2, 0) is 14.8 Å². The maximum Gasteiger partial charge on any atom is 0.253 e. The average molecular weight is 396 g/mol. The third-order valence-electron chi connectivity index (χ3n) is 4.76. The van der Waals surface area contributed by atoms with Crippen molar-refractivity contribution < 1.29 is 18.0 Å². The Labute approximate surface area is 161 Å². The number of hydrogen-bond acceptors (Lipinski definition) is 4. The van der Waals surface area contributed by atoms with Crippen LogP contribution in [0.5, 0.6) is 0 Å². The normalized spacial score (nSPS) is 18.1. The van der Waals surface area contributed by atoms with Crippen molar-refractivity contribution in [2.24, 2.45) is 5.92 Å². The molecule has 150 valence electrons. The van der Waals surface area contributed by atoms with Crippen LogP contribution in [0.15, 0.2) is 24.3 Å². The second-order valence-corrected chi connectivity index (χ2v) is 9.00. The molecule has 1 aliphatic heterocycles. The molecule has 0 bridgehead atoms. The van der Waals surface area contributed by atoms with E-state index in [9.17, 15) is 18.0 Å². The Hall–Kier alpha value is -1.93. The lowest BCUT2D eigenvalue weighted by Gasteiger charge is -2.31. The third kappa shape index (κ3) is 5.77. The van der Waals surface area contributed by atoms with Gasteiger partial charge < -0.3 is 10.6 Å². The fraction of sp³-hybridized carbons (Fsp3) is 0.579. The van der Waals surface area contributed by atoms with Crippen molar-refractivity contribution in [2.75, 3.05) is 30.7 Å². The summed E-state index contributed by atoms with van der Waals surface area (Å²) < 4.78 is 25.6. The lowest BCUT2D eigenvalue weighted by Crippen LogP contribution is -2.44. The second kappa shape index (κ2) is 9.85. The minimum Gasteiger partial charge on any atom is -0.352 e. The first kappa shape index (κ1) is 21.4. The molecule has 1 aromatic rings. The topological polar surface area (TPSA) is 95.6 Å². The summed E-state index contributed by atoms with van der Waals surface area (Å²) in [6.07, 6.45) is 3.16. The van der Waals surface area contributed by atoms with E-state index in [1.165, 1.54) is 4.31 Å². The number of nitrogens with one attached hydrogen (secondary N) is 2. The largest absolute Gasteiger partial charge is 0.352 e. The summed E-state index contributed by atoms with van der Waals surface area (Å²) in [4.78, 5) is 25.1. The number of benzene rings is 1. The van der Waals surface area contributed by atoms with E-state index < -0.39 is 15.9 Å². The fourth-order valence-corrected chi connectivity index (χ4v) is 4.27. The van der Waals surface area contributed by atoms with Gasteiger partial charge in [0.15, 0.2) is 0 Å². The molecule has 1 saturated heterocycles. The minimum absolute atomic E-state index is 0.0299. The van der Waals surface area contributed by atoms with Crippen LogP contribution in [0.3, 0.4) is 0 Å². The Morgan fingerprint density at radius 3 is 2.67 bits per heavy atom. The summed E-state index contributed by atoms with van der Waals surface area (Å²) in [5.74, 6) is -0.864. The number of carbonyl (C=O) groups excluding carboxylic acids is 2. The Balaban J connectivity index is 2.06. The van der Waals surface area contributed by atoms with Crippen molar-refractivity contribution in [1.29, 1.82) is 0 Å². The Bertz CT molecular complexity index is 764. The number of nitrogens with zero attached hydrogens (tertiary/aromatic N) is 1. The zero-order valence-electron chi connectivity index (χ0n) is 16.0. The van der Waals surface area contributed by atoms with Crippen LogP contribution >= 0.6 is 0 Å². The van der Waals surface area contributed by atoms with Crippen LogP contribution in [-0.4, -0.2) is 49.9 Å². The van der Waals surface area contributed by atoms with Crippen LogP contribution in [0.1, 0.15) is 49.9 Å². The van der Waals surface area contributed by atoms with E-state index in [4.69, 9.17) is 0 Å². The van der Waals surface area contributed by atoms with Gasteiger partial charge in [-0.25, -0.2) is 12.7 Å². The Morgan fingerprint density at radius 2 is 1.96 bits per heavy atom. The molecule has 0 aromatic heterocycles. The smallest absolute Gasteiger partial charge is 0.253 e. The second-order valence-electron chi connectivity index (χ2n) is 6.74. The average Bonchev–Trinajstić information content (AvgIpc) is 2.68. The monoisotopic (exact) mass is 395 g/mol. The van der Waals surface area contributed by atoms with Gasteiger partial charge in [0.05, 0.1) is 22.9 Å². The van der Waals surface area contributed by atoms with Gasteiger partial charge in [-0.1, -0.05) is 25.5 Å². The summed E-state index contributed by atoms with van der Waals surface area (Å²) in [5.41, 5.74) is 0.864. The molecule has 27 heavy (non-hydrogen) atoms. The molecule has 1 aromatic carbocycles. The van der Waals surface area contributed by atoms with Crippen molar-refractivity contribution >= 4 is 27.5 Å². The number of piperidine rings is 1. The van der Waals surface area contributed by atoms with Gasteiger partial charge in [-0.05, 0) is 38.3 Å². The first-order valence-electron chi connectivity index (χ1n) is 9.55. The highest BCUT2D eigenvalue weighted by molar-refractivity contribution is 7.89. The predicted molar refractivity (Wildman–Crippen MR) is 106 cm³/mol. The molecule has 1 heterocycles. The van der Waals surface area contributed by atoms with E-state index in [1.54, 1.807) is 31.2 Å². The third-order valence-corrected chi connectivity index (χ3v) is 6.61. The maximum absolute atomic E-state index is 12.7. The van der Waals surface area contributed by atoms with Crippen molar-refractivity contribution in [2.45, 2.75) is 39.5 Å². The summed E-state index contributed by atoms with van der Waals surface area (Å²) in [5, 5.41) is 5.67. The fourth-order valence-electron chi connectivity index (χ4n) is 3.09. The van der Waals surface area contributed by atoms with Gasteiger partial charge in [0.25, 0.3) is 5.91 Å². The van der Waals surface area contributed by atoms with Gasteiger partial charge in [-0.2, -0.15) is 0 Å². The standard InChI is InChI=1S/C19H29N3O4S/c1-3-5-12-20-19(24)16-10-6-7-11-17(16)21-18(23)15-9-8-13-22(14-15)27(25,26)4-2/h6-7,10-11,15H,3-5,8-9,12-14H2,1-2H3,(H,20,24)(H,21,23). The molecule has 8 heteroatoms. The SMILES string of the molecule is CCCCNC(=O)c1ccccc1NC(=O)C1CCCN(S(=O)(=O)CC)C1. The minimum atomic E-state index is -3.31. The highest BCUT2D eigenvalue weighted by atomic mass is 32.2. The van der Waals surface area contributed by atoms with Crippen molar-refractivity contribution in [1.82, 2.24) is 9.62 Å². The number of amides is 2. The van der Waals surface area contributed by atoms with Crippen molar-refractivity contribution in [3.05, 3.63) is 29.8 Å². The first-order valence-corrected chi connectivity index (χ1v) is 11.2. The summed E-state index contributed by atoms with van der Waals surface area (Å²) in [7, 11) is -3.31. The lowest BCUT2D eigenvalue weighted by molar-refractivity contribution is -0.120. The summed E-state index contributed by atoms with van der Waals surface area (Å²) in [6, 6.07) is 6.87. The molecule has 1 unspecified atom stereocenters. The van der Waals surface area contributed by atoms with Crippen molar-refractivity contribution in [3.8, 4) is 0 Å². The molecule has 1 fully saturated rings. The van der Waals surface area contributed by atoms with E-state index in [0.29, 0.717) is 37.2 Å². The molecular weight excluding hydrogens is 366 g/mol. The molecule has 0 radical (unpaired) electrons. The Kier molecular flexibility index (Phi) is 7.79. The van der Waals surface area contributed by atoms with Crippen LogP contribution in [0.25, 0.3) is 0 Å². The molecule has 2 N–H and O–H groups in total. The van der Waals surface area contributed by atoms with Gasteiger partial charge in [-0.3, -0.25) is 9.59 Å². The number of rotatable bonds is 8. The Morgan fingerprint density at radius 1 is 1.22 bits per heavy atom. The number of sulfonamides is 1. The zero-order valence-corrected chi connectivity index (χ0v) is 16.8. The van der Waals surface area contributed by atoms with E-state index in [1.807, 2.05) is 6.92 Å². The first-order chi connectivity index (χ1) is 12.9. The highest BCUT2D eigenvalue weighted by Crippen LogP contribution is 2.22. The molecule has 2 amide bonds. The number of para-hydroxylation sites is 1. The quantitative estimate of drug-likeness (QED) is 0.660. The molecule has 1 atom stereocenters. The number of anilines is 1. The van der Waals surface area contributed by atoms with Gasteiger partial charge in [-0.15, -0.1) is 0 Å². The molecule has 0 saturated carbocycles. The number of hydrogen-bond donors (Lipinski definition) is 2. The molecule has 0 aliphatic carbocycles. The molecule has 2 rings (SSSR count). The van der Waals surface area contributed by atoms with Crippen LogP contribution < -0.4 is 10.6 Å². The summed E-state index contributed by atoms with van der Waals surface area (Å²) >= 11 is 0. The van der Waals surface area contributed by atoms with E-state index in [0.717, 1.165) is 12.8 Å². The lowest BCUT2D eigenvalue weighted by atomic mass is 9.98. The van der Waals surface area contributed by atoms with Crippen LogP contribution in [0.4, 0.5) is 5.69 Å². The van der Waals surface area contributed by atoms with E-state index in [2.05, 4.69) is 10.6 Å². The maximum atomic E-state index is 12.7. The zero-order chi connectivity index (χ0) is 19.9. The molecular formula is C19H29N3O4S. The highest BCUT2D eigenvalue weighted by Gasteiger charge is 2.31. The molecule has 0 spiro atoms. The predicted octanol–water partition coefficient (Wildman–Crippen LogP) is 2.22. The van der Waals surface area contributed by atoms with Gasteiger partial charge in [0, 0.05) is 19.6 Å². The van der Waals surface area contributed by atoms with Gasteiger partial charge >= 0.3 is 0 Å². The van der Waals surface area contributed by atoms with Crippen LogP contribution in [0.2, 0.25) is 0 Å².